The highest BCUT2D eigenvalue weighted by Gasteiger charge is 2.77. The van der Waals surface area contributed by atoms with E-state index in [2.05, 4.69) is 6.92 Å². The van der Waals surface area contributed by atoms with E-state index in [1.54, 1.807) is 0 Å². The first-order chi connectivity index (χ1) is 12.5. The number of epoxide rings is 1. The minimum Gasteiger partial charge on any atom is -0.479 e. The first-order valence-electron chi connectivity index (χ1n) is 10.1. The maximum Gasteiger partial charge on any atom is 0.339 e. The lowest BCUT2D eigenvalue weighted by molar-refractivity contribution is -0.174. The molecule has 3 fully saturated rings. The Bertz CT molecular complexity index is 657. The number of fused-ring (bicyclic) bond motifs is 2. The number of hydrogen-bond acceptors (Lipinski definition) is 5. The van der Waals surface area contributed by atoms with Crippen LogP contribution in [-0.4, -0.2) is 41.6 Å². The lowest BCUT2D eigenvalue weighted by Crippen LogP contribution is -2.59. The number of esters is 1. The fraction of sp³-hybridized carbons (Fsp3) is 0.857. The summed E-state index contributed by atoms with van der Waals surface area (Å²) in [5.41, 5.74) is -2.21. The van der Waals surface area contributed by atoms with Crippen LogP contribution in [0.2, 0.25) is 0 Å². The van der Waals surface area contributed by atoms with E-state index < -0.39 is 17.0 Å². The van der Waals surface area contributed by atoms with Crippen LogP contribution in [0.3, 0.4) is 0 Å². The molecule has 1 heterocycles. The quantitative estimate of drug-likeness (QED) is 0.562. The highest BCUT2D eigenvalue weighted by atomic mass is 16.6. The van der Waals surface area contributed by atoms with Gasteiger partial charge < -0.3 is 14.6 Å². The van der Waals surface area contributed by atoms with Gasteiger partial charge in [-0.3, -0.25) is 9.59 Å². The molecule has 27 heavy (non-hydrogen) atoms. The molecule has 1 saturated heterocycles. The van der Waals surface area contributed by atoms with Crippen molar-refractivity contribution in [2.24, 2.45) is 28.6 Å². The summed E-state index contributed by atoms with van der Waals surface area (Å²) in [6.45, 7) is 7.79. The standard InChI is InChI=1S/C21H32O6/c1-12(2)13(22)7-8-14-19(3)9-6-10-20(4,18(25)26-5)15(19)11-16-21(14,27-16)17(23)24/h12,14-16H,6-11H2,1-5H3,(H,23,24)/t14-,15-,16-,19-,20-,21+/m1/s1. The molecule has 1 aliphatic heterocycles. The van der Waals surface area contributed by atoms with Crippen molar-refractivity contribution in [2.45, 2.75) is 77.9 Å². The molecular formula is C21H32O6. The largest absolute Gasteiger partial charge is 0.479 e. The molecule has 3 aliphatic rings. The van der Waals surface area contributed by atoms with E-state index in [9.17, 15) is 19.5 Å². The molecule has 3 rings (SSSR count). The van der Waals surface area contributed by atoms with E-state index in [4.69, 9.17) is 9.47 Å². The molecule has 0 aromatic rings. The van der Waals surface area contributed by atoms with Gasteiger partial charge in [-0.05, 0) is 43.9 Å². The second-order valence-corrected chi connectivity index (χ2v) is 9.47. The second kappa shape index (κ2) is 6.57. The summed E-state index contributed by atoms with van der Waals surface area (Å²) in [5, 5.41) is 9.97. The molecule has 6 heteroatoms. The van der Waals surface area contributed by atoms with Gasteiger partial charge in [0.05, 0.1) is 18.6 Å². The summed E-state index contributed by atoms with van der Waals surface area (Å²) in [6, 6.07) is 0. The molecule has 0 radical (unpaired) electrons. The number of methoxy groups -OCH3 is 1. The SMILES string of the molecule is COC(=O)[C@]1(C)CCC[C@]2(C)[C@@H](CCC(=O)C(C)C)[C@]3(C(=O)O)O[C@@H]3C[C@H]21. The van der Waals surface area contributed by atoms with E-state index in [-0.39, 0.29) is 41.0 Å². The van der Waals surface area contributed by atoms with Gasteiger partial charge in [0.25, 0.3) is 0 Å². The third-order valence-corrected chi connectivity index (χ3v) is 7.81. The Balaban J connectivity index is 1.98. The summed E-state index contributed by atoms with van der Waals surface area (Å²) in [5.74, 6) is -1.37. The predicted octanol–water partition coefficient (Wildman–Crippen LogP) is 3.22. The fourth-order valence-electron chi connectivity index (χ4n) is 6.23. The average Bonchev–Trinajstić information content (AvgIpc) is 3.33. The van der Waals surface area contributed by atoms with Crippen LogP contribution in [-0.2, 0) is 23.9 Å². The monoisotopic (exact) mass is 380 g/mol. The maximum absolute atomic E-state index is 12.6. The number of carbonyl (C=O) groups excluding carboxylic acids is 2. The number of hydrogen-bond donors (Lipinski definition) is 1. The Labute approximate surface area is 161 Å². The van der Waals surface area contributed by atoms with Gasteiger partial charge >= 0.3 is 11.9 Å². The Morgan fingerprint density at radius 2 is 1.89 bits per heavy atom. The fourth-order valence-corrected chi connectivity index (χ4v) is 6.23. The highest BCUT2D eigenvalue weighted by molar-refractivity contribution is 5.84. The molecule has 2 aliphatic carbocycles. The summed E-state index contributed by atoms with van der Waals surface area (Å²) < 4.78 is 11.0. The van der Waals surface area contributed by atoms with Gasteiger partial charge in [-0.1, -0.05) is 27.2 Å². The van der Waals surface area contributed by atoms with Crippen molar-refractivity contribution in [1.82, 2.24) is 0 Å². The lowest BCUT2D eigenvalue weighted by Gasteiger charge is -2.57. The van der Waals surface area contributed by atoms with Crippen molar-refractivity contribution in [3.05, 3.63) is 0 Å². The number of aliphatic carboxylic acids is 1. The van der Waals surface area contributed by atoms with Crippen molar-refractivity contribution >= 4 is 17.7 Å². The van der Waals surface area contributed by atoms with Crippen LogP contribution in [0.5, 0.6) is 0 Å². The van der Waals surface area contributed by atoms with E-state index in [0.717, 1.165) is 19.3 Å². The van der Waals surface area contributed by atoms with Crippen LogP contribution in [0.1, 0.15) is 66.2 Å². The third-order valence-electron chi connectivity index (χ3n) is 7.81. The van der Waals surface area contributed by atoms with E-state index in [0.29, 0.717) is 19.3 Å². The molecule has 0 spiro atoms. The molecule has 6 atom stereocenters. The normalized spacial score (nSPS) is 42.8. The second-order valence-electron chi connectivity index (χ2n) is 9.47. The smallest absolute Gasteiger partial charge is 0.339 e. The van der Waals surface area contributed by atoms with Crippen LogP contribution in [0.4, 0.5) is 0 Å². The third kappa shape index (κ3) is 2.82. The van der Waals surface area contributed by atoms with E-state index >= 15 is 0 Å². The molecule has 152 valence electrons. The van der Waals surface area contributed by atoms with Crippen LogP contribution in [0, 0.1) is 28.6 Å². The number of carboxylic acids is 1. The maximum atomic E-state index is 12.6. The van der Waals surface area contributed by atoms with Gasteiger partial charge in [0.1, 0.15) is 5.78 Å². The predicted molar refractivity (Wildman–Crippen MR) is 98.0 cm³/mol. The van der Waals surface area contributed by atoms with E-state index in [1.807, 2.05) is 20.8 Å². The summed E-state index contributed by atoms with van der Waals surface area (Å²) in [4.78, 5) is 37.1. The number of Topliss-reactive ketones (excluding diaryl/α,β-unsaturated/α-hetero) is 1. The van der Waals surface area contributed by atoms with Crippen molar-refractivity contribution in [3.63, 3.8) is 0 Å². The van der Waals surface area contributed by atoms with Crippen molar-refractivity contribution in [2.75, 3.05) is 7.11 Å². The summed E-state index contributed by atoms with van der Waals surface area (Å²) >= 11 is 0. The zero-order valence-electron chi connectivity index (χ0n) is 17.0. The van der Waals surface area contributed by atoms with Crippen LogP contribution in [0.25, 0.3) is 0 Å². The Kier molecular flexibility index (Phi) is 4.94. The number of rotatable bonds is 6. The van der Waals surface area contributed by atoms with Crippen molar-refractivity contribution in [3.8, 4) is 0 Å². The lowest BCUT2D eigenvalue weighted by atomic mass is 9.45. The first-order valence-corrected chi connectivity index (χ1v) is 10.1. The van der Waals surface area contributed by atoms with Crippen molar-refractivity contribution < 1.29 is 29.0 Å². The molecule has 0 aromatic heterocycles. The van der Waals surface area contributed by atoms with Crippen LogP contribution < -0.4 is 0 Å². The van der Waals surface area contributed by atoms with Gasteiger partial charge in [-0.2, -0.15) is 0 Å². The molecule has 0 aromatic carbocycles. The number of carboxylic acid groups (broad SMARTS) is 1. The van der Waals surface area contributed by atoms with Crippen molar-refractivity contribution in [1.29, 1.82) is 0 Å². The Hall–Kier alpha value is -1.43. The zero-order chi connectivity index (χ0) is 20.2. The van der Waals surface area contributed by atoms with Crippen LogP contribution >= 0.6 is 0 Å². The number of ether oxygens (including phenoxy) is 2. The summed E-state index contributed by atoms with van der Waals surface area (Å²) in [6.07, 6.45) is 3.44. The van der Waals surface area contributed by atoms with E-state index in [1.165, 1.54) is 7.11 Å². The minimum atomic E-state index is -1.20. The molecule has 0 unspecified atom stereocenters. The number of carbonyl (C=O) groups is 3. The van der Waals surface area contributed by atoms with Gasteiger partial charge in [-0.15, -0.1) is 0 Å². The van der Waals surface area contributed by atoms with Gasteiger partial charge in [-0.25, -0.2) is 4.79 Å². The molecule has 6 nitrogen and oxygen atoms in total. The topological polar surface area (TPSA) is 93.2 Å². The average molecular weight is 380 g/mol. The Morgan fingerprint density at radius 3 is 2.44 bits per heavy atom. The van der Waals surface area contributed by atoms with Gasteiger partial charge in [0.15, 0.2) is 5.60 Å². The molecule has 1 N–H and O–H groups in total. The highest BCUT2D eigenvalue weighted by Crippen LogP contribution is 2.69. The van der Waals surface area contributed by atoms with Gasteiger partial charge in [0, 0.05) is 18.3 Å². The molecule has 0 bridgehead atoms. The number of ketones is 1. The minimum absolute atomic E-state index is 0.00896. The zero-order valence-corrected chi connectivity index (χ0v) is 17.0. The first kappa shape index (κ1) is 20.3. The summed E-state index contributed by atoms with van der Waals surface area (Å²) in [7, 11) is 1.41. The molecular weight excluding hydrogens is 348 g/mol. The van der Waals surface area contributed by atoms with Gasteiger partial charge in [0.2, 0.25) is 0 Å². The van der Waals surface area contributed by atoms with Crippen LogP contribution in [0.15, 0.2) is 0 Å². The molecule has 0 amide bonds. The Morgan fingerprint density at radius 1 is 1.22 bits per heavy atom. The molecule has 2 saturated carbocycles.